The van der Waals surface area contributed by atoms with Crippen LogP contribution in [0.1, 0.15) is 39.5 Å². The smallest absolute Gasteiger partial charge is 0.344 e. The van der Waals surface area contributed by atoms with E-state index >= 15 is 0 Å². The first kappa shape index (κ1) is 17.1. The second-order valence-electron chi connectivity index (χ2n) is 5.62. The summed E-state index contributed by atoms with van der Waals surface area (Å²) in [4.78, 5) is 23.8. The molecule has 5 nitrogen and oxygen atoms in total. The van der Waals surface area contributed by atoms with Gasteiger partial charge >= 0.3 is 5.97 Å². The molecule has 0 amide bonds. The maximum atomic E-state index is 12.5. The Hall–Kier alpha value is -2.30. The molecule has 0 bridgehead atoms. The van der Waals surface area contributed by atoms with E-state index in [1.54, 1.807) is 29.0 Å². The second kappa shape index (κ2) is 7.81. The average molecular weight is 317 g/mol. The Balaban J connectivity index is 2.39. The minimum Gasteiger partial charge on any atom is -0.479 e. The van der Waals surface area contributed by atoms with E-state index < -0.39 is 12.1 Å². The number of ether oxygens (including phenoxy) is 1. The normalized spacial score (nSPS) is 12.3. The molecule has 1 unspecified atom stereocenters. The molecule has 1 aromatic carbocycles. The topological polar surface area (TPSA) is 68.5 Å². The van der Waals surface area contributed by atoms with Gasteiger partial charge in [0.15, 0.2) is 6.10 Å². The maximum absolute atomic E-state index is 12.5. The molecule has 0 aliphatic rings. The van der Waals surface area contributed by atoms with Gasteiger partial charge in [0.1, 0.15) is 5.75 Å². The zero-order chi connectivity index (χ0) is 16.8. The van der Waals surface area contributed by atoms with Gasteiger partial charge in [-0.25, -0.2) is 4.79 Å². The predicted octanol–water partition coefficient (Wildman–Crippen LogP) is 3.43. The zero-order valence-electron chi connectivity index (χ0n) is 13.6. The fourth-order valence-electron chi connectivity index (χ4n) is 2.58. The molecular formula is C18H23NO4. The number of pyridine rings is 1. The molecule has 1 N–H and O–H groups in total. The Bertz CT molecular complexity index is 735. The summed E-state index contributed by atoms with van der Waals surface area (Å²) >= 11 is 0. The van der Waals surface area contributed by atoms with Gasteiger partial charge in [-0.3, -0.25) is 4.79 Å². The molecule has 0 spiro atoms. The molecule has 0 aliphatic heterocycles. The van der Waals surface area contributed by atoms with E-state index in [9.17, 15) is 14.7 Å². The highest BCUT2D eigenvalue weighted by molar-refractivity contribution is 5.87. The highest BCUT2D eigenvalue weighted by Gasteiger charge is 2.20. The fraction of sp³-hybridized carbons (Fsp3) is 0.444. The Labute approximate surface area is 135 Å². The number of aliphatic carboxylic acids is 1. The number of benzene rings is 1. The third-order valence-electron chi connectivity index (χ3n) is 3.81. The lowest BCUT2D eigenvalue weighted by molar-refractivity contribution is -0.145. The minimum absolute atomic E-state index is 0.0739. The largest absolute Gasteiger partial charge is 0.479 e. The van der Waals surface area contributed by atoms with Crippen LogP contribution in [0, 0.1) is 0 Å². The molecule has 1 aromatic heterocycles. The second-order valence-corrected chi connectivity index (χ2v) is 5.62. The van der Waals surface area contributed by atoms with Crippen LogP contribution in [-0.2, 0) is 11.3 Å². The summed E-state index contributed by atoms with van der Waals surface area (Å²) in [6.45, 7) is 4.68. The van der Waals surface area contributed by atoms with Crippen LogP contribution in [0.3, 0.4) is 0 Å². The first-order chi connectivity index (χ1) is 11.1. The standard InChI is InChI=1S/C18H23NO4/c1-3-5-8-16(18(21)22)23-15-9-6-7-14-13(15)10-12-19(11-4-2)17(14)20/h6-7,9-10,12,16H,3-5,8,11H2,1-2H3,(H,21,22). The van der Waals surface area contributed by atoms with Crippen molar-refractivity contribution in [3.63, 3.8) is 0 Å². The summed E-state index contributed by atoms with van der Waals surface area (Å²) in [6.07, 6.45) is 3.87. The quantitative estimate of drug-likeness (QED) is 0.810. The molecule has 2 aromatic rings. The first-order valence-corrected chi connectivity index (χ1v) is 8.10. The van der Waals surface area contributed by atoms with Crippen molar-refractivity contribution in [2.75, 3.05) is 0 Å². The monoisotopic (exact) mass is 317 g/mol. The van der Waals surface area contributed by atoms with Gasteiger partial charge in [0, 0.05) is 18.1 Å². The predicted molar refractivity (Wildman–Crippen MR) is 90.1 cm³/mol. The number of hydrogen-bond donors (Lipinski definition) is 1. The molecule has 1 atom stereocenters. The minimum atomic E-state index is -0.977. The Morgan fingerprint density at radius 2 is 2.00 bits per heavy atom. The van der Waals surface area contributed by atoms with E-state index in [4.69, 9.17) is 4.74 Å². The van der Waals surface area contributed by atoms with E-state index in [2.05, 4.69) is 0 Å². The average Bonchev–Trinajstić information content (AvgIpc) is 2.54. The van der Waals surface area contributed by atoms with Crippen molar-refractivity contribution < 1.29 is 14.6 Å². The van der Waals surface area contributed by atoms with Gasteiger partial charge in [-0.05, 0) is 37.5 Å². The first-order valence-electron chi connectivity index (χ1n) is 8.10. The molecule has 0 radical (unpaired) electrons. The summed E-state index contributed by atoms with van der Waals surface area (Å²) in [5.74, 6) is -0.526. The molecule has 124 valence electrons. The van der Waals surface area contributed by atoms with E-state index in [1.165, 1.54) is 0 Å². The van der Waals surface area contributed by atoms with Crippen molar-refractivity contribution in [2.24, 2.45) is 0 Å². The number of aromatic nitrogens is 1. The van der Waals surface area contributed by atoms with Crippen LogP contribution in [0.5, 0.6) is 5.75 Å². The van der Waals surface area contributed by atoms with Gasteiger partial charge in [-0.15, -0.1) is 0 Å². The van der Waals surface area contributed by atoms with Crippen molar-refractivity contribution in [3.8, 4) is 5.75 Å². The van der Waals surface area contributed by atoms with Gasteiger partial charge in [-0.1, -0.05) is 26.3 Å². The molecule has 5 heteroatoms. The van der Waals surface area contributed by atoms with Crippen LogP contribution in [0.25, 0.3) is 10.8 Å². The van der Waals surface area contributed by atoms with Crippen LogP contribution in [-0.4, -0.2) is 21.7 Å². The molecule has 1 heterocycles. The van der Waals surface area contributed by atoms with Gasteiger partial charge < -0.3 is 14.4 Å². The number of carboxylic acids is 1. The molecule has 0 saturated heterocycles. The van der Waals surface area contributed by atoms with Crippen molar-refractivity contribution in [1.82, 2.24) is 4.57 Å². The Kier molecular flexibility index (Phi) is 5.79. The van der Waals surface area contributed by atoms with Gasteiger partial charge in [0.25, 0.3) is 5.56 Å². The van der Waals surface area contributed by atoms with Crippen LogP contribution in [0.15, 0.2) is 35.3 Å². The molecular weight excluding hydrogens is 294 g/mol. The van der Waals surface area contributed by atoms with Crippen molar-refractivity contribution in [1.29, 1.82) is 0 Å². The number of rotatable bonds is 8. The number of carboxylic acid groups (broad SMARTS) is 1. The van der Waals surface area contributed by atoms with Gasteiger partial charge in [0.2, 0.25) is 0 Å². The molecule has 0 aliphatic carbocycles. The van der Waals surface area contributed by atoms with Crippen LogP contribution >= 0.6 is 0 Å². The lowest BCUT2D eigenvalue weighted by Crippen LogP contribution is -2.27. The third kappa shape index (κ3) is 3.92. The van der Waals surface area contributed by atoms with Crippen LogP contribution in [0.2, 0.25) is 0 Å². The van der Waals surface area contributed by atoms with Crippen LogP contribution in [0.4, 0.5) is 0 Å². The van der Waals surface area contributed by atoms with Gasteiger partial charge in [0.05, 0.1) is 5.39 Å². The number of aryl methyl sites for hydroxylation is 1. The van der Waals surface area contributed by atoms with E-state index in [0.717, 1.165) is 19.3 Å². The Morgan fingerprint density at radius 3 is 2.65 bits per heavy atom. The van der Waals surface area contributed by atoms with Crippen LogP contribution < -0.4 is 10.3 Å². The number of fused-ring (bicyclic) bond motifs is 1. The Morgan fingerprint density at radius 1 is 1.22 bits per heavy atom. The van der Waals surface area contributed by atoms with E-state index in [-0.39, 0.29) is 5.56 Å². The lowest BCUT2D eigenvalue weighted by atomic mass is 10.1. The number of hydrogen-bond acceptors (Lipinski definition) is 3. The summed E-state index contributed by atoms with van der Waals surface area (Å²) < 4.78 is 7.36. The SMILES string of the molecule is CCCCC(Oc1cccc2c(=O)n(CCC)ccc12)C(=O)O. The highest BCUT2D eigenvalue weighted by atomic mass is 16.5. The van der Waals surface area contributed by atoms with E-state index in [1.807, 2.05) is 19.9 Å². The number of carbonyl (C=O) groups is 1. The number of unbranched alkanes of at least 4 members (excludes halogenated alkanes) is 1. The number of nitrogens with zero attached hydrogens (tertiary/aromatic N) is 1. The zero-order valence-corrected chi connectivity index (χ0v) is 13.6. The molecule has 0 saturated carbocycles. The van der Waals surface area contributed by atoms with Crippen molar-refractivity contribution in [3.05, 3.63) is 40.8 Å². The van der Waals surface area contributed by atoms with Gasteiger partial charge in [-0.2, -0.15) is 0 Å². The maximum Gasteiger partial charge on any atom is 0.344 e. The molecule has 23 heavy (non-hydrogen) atoms. The highest BCUT2D eigenvalue weighted by Crippen LogP contribution is 2.25. The van der Waals surface area contributed by atoms with Crippen molar-refractivity contribution >= 4 is 16.7 Å². The molecule has 0 fully saturated rings. The summed E-state index contributed by atoms with van der Waals surface area (Å²) in [5.41, 5.74) is -0.0739. The van der Waals surface area contributed by atoms with E-state index in [0.29, 0.717) is 29.5 Å². The summed E-state index contributed by atoms with van der Waals surface area (Å²) in [5, 5.41) is 10.5. The summed E-state index contributed by atoms with van der Waals surface area (Å²) in [7, 11) is 0. The van der Waals surface area contributed by atoms with Crippen molar-refractivity contribution in [2.45, 2.75) is 52.2 Å². The third-order valence-corrected chi connectivity index (χ3v) is 3.81. The lowest BCUT2D eigenvalue weighted by Gasteiger charge is -2.16. The summed E-state index contributed by atoms with van der Waals surface area (Å²) in [6, 6.07) is 7.01. The molecule has 2 rings (SSSR count). The fourth-order valence-corrected chi connectivity index (χ4v) is 2.58.